The first kappa shape index (κ1) is 16.3. The minimum Gasteiger partial charge on any atom is -0.354 e. The van der Waals surface area contributed by atoms with Crippen molar-refractivity contribution in [3.05, 3.63) is 57.9 Å². The van der Waals surface area contributed by atoms with E-state index < -0.39 is 0 Å². The van der Waals surface area contributed by atoms with Crippen molar-refractivity contribution >= 4 is 22.8 Å². The summed E-state index contributed by atoms with van der Waals surface area (Å²) in [6.07, 6.45) is 2.76. The molecule has 0 radical (unpaired) electrons. The molecule has 8 heteroatoms. The molecule has 0 saturated carbocycles. The van der Waals surface area contributed by atoms with Gasteiger partial charge in [-0.3, -0.25) is 4.57 Å². The van der Waals surface area contributed by atoms with E-state index in [-0.39, 0.29) is 5.69 Å². The van der Waals surface area contributed by atoms with Crippen LogP contribution in [-0.4, -0.2) is 39.2 Å². The molecule has 132 valence electrons. The highest BCUT2D eigenvalue weighted by molar-refractivity contribution is 5.71. The van der Waals surface area contributed by atoms with Crippen molar-refractivity contribution < 1.29 is 0 Å². The highest BCUT2D eigenvalue weighted by Gasteiger charge is 2.16. The number of imidazole rings is 1. The lowest BCUT2D eigenvalue weighted by molar-refractivity contribution is 0.613. The van der Waals surface area contributed by atoms with Gasteiger partial charge in [-0.15, -0.1) is 0 Å². The molecule has 0 unspecified atom stereocenters. The summed E-state index contributed by atoms with van der Waals surface area (Å²) in [7, 11) is 0. The maximum absolute atomic E-state index is 12.4. The van der Waals surface area contributed by atoms with Crippen molar-refractivity contribution in [2.45, 2.75) is 13.0 Å². The molecule has 0 bridgehead atoms. The Morgan fingerprint density at radius 3 is 3.08 bits per heavy atom. The number of nitrogens with zero attached hydrogens (tertiary/aromatic N) is 4. The zero-order valence-electron chi connectivity index (χ0n) is 14.2. The molecule has 1 aromatic carbocycles. The molecule has 1 aliphatic rings. The Morgan fingerprint density at radius 1 is 1.38 bits per heavy atom. The molecular formula is C18H19N7O. The molecule has 3 N–H and O–H groups in total. The van der Waals surface area contributed by atoms with Crippen LogP contribution in [0, 0.1) is 12.5 Å². The minimum atomic E-state index is -0.258. The summed E-state index contributed by atoms with van der Waals surface area (Å²) in [4.78, 5) is 27.5. The first-order valence-corrected chi connectivity index (χ1v) is 8.60. The predicted octanol–water partition coefficient (Wildman–Crippen LogP) is 1.74. The fourth-order valence-corrected chi connectivity index (χ4v) is 3.23. The van der Waals surface area contributed by atoms with E-state index >= 15 is 0 Å². The first-order chi connectivity index (χ1) is 12.7. The number of H-pyrrole nitrogens is 1. The van der Waals surface area contributed by atoms with Gasteiger partial charge in [-0.2, -0.15) is 4.98 Å². The number of benzene rings is 1. The Kier molecular flexibility index (Phi) is 4.37. The fraction of sp³-hybridized carbons (Fsp3) is 0.333. The largest absolute Gasteiger partial charge is 0.354 e. The summed E-state index contributed by atoms with van der Waals surface area (Å²) in [6, 6.07) is 7.28. The van der Waals surface area contributed by atoms with Gasteiger partial charge in [0.25, 0.3) is 0 Å². The average Bonchev–Trinajstić information content (AvgIpc) is 3.29. The van der Waals surface area contributed by atoms with Gasteiger partial charge in [-0.05, 0) is 31.0 Å². The zero-order chi connectivity index (χ0) is 17.9. The number of aromatic nitrogens is 4. The molecule has 3 aromatic rings. The van der Waals surface area contributed by atoms with Gasteiger partial charge >= 0.3 is 5.69 Å². The van der Waals surface area contributed by atoms with E-state index in [1.54, 1.807) is 16.8 Å². The summed E-state index contributed by atoms with van der Waals surface area (Å²) in [5.74, 6) is 1.07. The summed E-state index contributed by atoms with van der Waals surface area (Å²) in [5.41, 5.74) is 2.19. The third-order valence-electron chi connectivity index (χ3n) is 4.66. The molecule has 3 heterocycles. The van der Waals surface area contributed by atoms with E-state index in [2.05, 4.69) is 30.4 Å². The highest BCUT2D eigenvalue weighted by Crippen LogP contribution is 2.20. The number of hydrogen-bond acceptors (Lipinski definition) is 5. The van der Waals surface area contributed by atoms with E-state index in [4.69, 9.17) is 6.57 Å². The summed E-state index contributed by atoms with van der Waals surface area (Å²) < 4.78 is 1.54. The maximum Gasteiger partial charge on any atom is 0.327 e. The van der Waals surface area contributed by atoms with Crippen molar-refractivity contribution in [1.29, 1.82) is 0 Å². The molecule has 0 aliphatic carbocycles. The Hall–Kier alpha value is -3.18. The van der Waals surface area contributed by atoms with Crippen LogP contribution < -0.4 is 16.3 Å². The molecule has 1 saturated heterocycles. The summed E-state index contributed by atoms with van der Waals surface area (Å²) in [5, 5.41) is 6.59. The van der Waals surface area contributed by atoms with Crippen LogP contribution in [0.15, 0.2) is 35.3 Å². The predicted molar refractivity (Wildman–Crippen MR) is 99.4 cm³/mol. The molecule has 1 aliphatic heterocycles. The van der Waals surface area contributed by atoms with Crippen LogP contribution in [0.3, 0.4) is 0 Å². The third kappa shape index (κ3) is 3.17. The topological polar surface area (TPSA) is 92.0 Å². The van der Waals surface area contributed by atoms with Crippen molar-refractivity contribution in [3.8, 4) is 0 Å². The molecule has 0 amide bonds. The van der Waals surface area contributed by atoms with E-state index in [9.17, 15) is 4.79 Å². The molecule has 26 heavy (non-hydrogen) atoms. The van der Waals surface area contributed by atoms with Gasteiger partial charge in [-0.25, -0.2) is 14.6 Å². The second kappa shape index (κ2) is 6.98. The number of rotatable bonds is 5. The van der Waals surface area contributed by atoms with Crippen molar-refractivity contribution in [2.24, 2.45) is 5.92 Å². The monoisotopic (exact) mass is 349 g/mol. The Morgan fingerprint density at radius 2 is 2.27 bits per heavy atom. The van der Waals surface area contributed by atoms with Crippen LogP contribution in [0.2, 0.25) is 0 Å². The number of hydrogen-bond donors (Lipinski definition) is 3. The van der Waals surface area contributed by atoms with Gasteiger partial charge in [0.15, 0.2) is 11.3 Å². The quantitative estimate of drug-likeness (QED) is 0.610. The SMILES string of the molecule is [C-]#[N+]c1ccccc1Cn1c(=O)[nH]c2cnc(NC[C@@H]3CCNC3)nc21. The number of para-hydroxylation sites is 1. The smallest absolute Gasteiger partial charge is 0.327 e. The number of nitrogens with one attached hydrogen (secondary N) is 3. The standard InChI is InChI=1S/C18H19N7O/c1-19-14-5-3-2-4-13(14)11-25-16-15(23-18(25)26)10-22-17(24-16)21-9-12-6-7-20-8-12/h2-5,10,12,20H,6-9,11H2,(H,23,26)(H,21,22,24)/t12-/m1/s1. The summed E-state index contributed by atoms with van der Waals surface area (Å²) in [6.45, 7) is 10.4. The minimum absolute atomic E-state index is 0.258. The van der Waals surface area contributed by atoms with Crippen LogP contribution in [0.25, 0.3) is 16.0 Å². The van der Waals surface area contributed by atoms with Crippen LogP contribution in [0.5, 0.6) is 0 Å². The van der Waals surface area contributed by atoms with Gasteiger partial charge in [0.2, 0.25) is 5.95 Å². The molecular weight excluding hydrogens is 330 g/mol. The number of anilines is 1. The molecule has 0 spiro atoms. The van der Waals surface area contributed by atoms with Crippen molar-refractivity contribution in [1.82, 2.24) is 24.8 Å². The lowest BCUT2D eigenvalue weighted by Gasteiger charge is -2.10. The number of aromatic amines is 1. The highest BCUT2D eigenvalue weighted by atomic mass is 16.1. The van der Waals surface area contributed by atoms with Crippen LogP contribution in [0.1, 0.15) is 12.0 Å². The molecule has 2 aromatic heterocycles. The lowest BCUT2D eigenvalue weighted by atomic mass is 10.1. The average molecular weight is 349 g/mol. The second-order valence-corrected chi connectivity index (χ2v) is 6.43. The van der Waals surface area contributed by atoms with Crippen molar-refractivity contribution in [3.63, 3.8) is 0 Å². The second-order valence-electron chi connectivity index (χ2n) is 6.43. The Balaban J connectivity index is 1.63. The van der Waals surface area contributed by atoms with Crippen LogP contribution in [-0.2, 0) is 6.54 Å². The van der Waals surface area contributed by atoms with E-state index in [0.29, 0.717) is 35.3 Å². The van der Waals surface area contributed by atoms with Gasteiger partial charge in [0.1, 0.15) is 5.52 Å². The van der Waals surface area contributed by atoms with Crippen LogP contribution in [0.4, 0.5) is 11.6 Å². The van der Waals surface area contributed by atoms with Crippen molar-refractivity contribution in [2.75, 3.05) is 25.0 Å². The Labute approximate surface area is 150 Å². The zero-order valence-corrected chi connectivity index (χ0v) is 14.2. The fourth-order valence-electron chi connectivity index (χ4n) is 3.23. The van der Waals surface area contributed by atoms with E-state index in [1.807, 2.05) is 18.2 Å². The molecule has 8 nitrogen and oxygen atoms in total. The third-order valence-corrected chi connectivity index (χ3v) is 4.66. The van der Waals surface area contributed by atoms with Gasteiger partial charge in [-0.1, -0.05) is 24.3 Å². The summed E-state index contributed by atoms with van der Waals surface area (Å²) >= 11 is 0. The van der Waals surface area contributed by atoms with Crippen LogP contribution >= 0.6 is 0 Å². The lowest BCUT2D eigenvalue weighted by Crippen LogP contribution is -2.19. The Bertz CT molecular complexity index is 1020. The van der Waals surface area contributed by atoms with Gasteiger partial charge in [0.05, 0.1) is 12.8 Å². The first-order valence-electron chi connectivity index (χ1n) is 8.60. The molecule has 1 fully saturated rings. The number of fused-ring (bicyclic) bond motifs is 1. The maximum atomic E-state index is 12.4. The van der Waals surface area contributed by atoms with Gasteiger partial charge in [0, 0.05) is 13.1 Å². The van der Waals surface area contributed by atoms with Gasteiger partial charge < -0.3 is 15.6 Å². The normalized spacial score (nSPS) is 16.7. The molecule has 1 atom stereocenters. The van der Waals surface area contributed by atoms with E-state index in [0.717, 1.165) is 31.6 Å². The van der Waals surface area contributed by atoms with E-state index in [1.165, 1.54) is 0 Å². The molecule has 4 rings (SSSR count).